The first-order chi connectivity index (χ1) is 8.11. The van der Waals surface area contributed by atoms with Gasteiger partial charge in [-0.25, -0.2) is 0 Å². The van der Waals surface area contributed by atoms with E-state index in [1.54, 1.807) is 22.9 Å². The number of carboxylic acids is 1. The molecule has 94 valence electrons. The van der Waals surface area contributed by atoms with Gasteiger partial charge in [-0.2, -0.15) is 0 Å². The van der Waals surface area contributed by atoms with Gasteiger partial charge in [0.2, 0.25) is 0 Å². The van der Waals surface area contributed by atoms with Crippen LogP contribution in [0.4, 0.5) is 0 Å². The van der Waals surface area contributed by atoms with Crippen LogP contribution in [0.2, 0.25) is 0 Å². The first kappa shape index (κ1) is 14.3. The average Bonchev–Trinajstić information content (AvgIpc) is 2.29. The van der Waals surface area contributed by atoms with Crippen molar-refractivity contribution in [3.8, 4) is 0 Å². The Morgan fingerprint density at radius 2 is 2.12 bits per heavy atom. The molecule has 1 aromatic carbocycles. The molecule has 1 atom stereocenters. The van der Waals surface area contributed by atoms with E-state index >= 15 is 0 Å². The molecule has 1 rings (SSSR count). The number of carboxylic acid groups (broad SMARTS) is 1. The number of benzene rings is 1. The van der Waals surface area contributed by atoms with Crippen molar-refractivity contribution in [3.63, 3.8) is 0 Å². The molecule has 0 radical (unpaired) electrons. The normalized spacial score (nSPS) is 10.5. The summed E-state index contributed by atoms with van der Waals surface area (Å²) < 4.78 is 1.22. The van der Waals surface area contributed by atoms with E-state index in [2.05, 4.69) is 12.2 Å². The second-order valence-electron chi connectivity index (χ2n) is 4.10. The zero-order chi connectivity index (χ0) is 12.8. The van der Waals surface area contributed by atoms with E-state index in [9.17, 15) is 9.90 Å². The first-order valence-corrected chi connectivity index (χ1v) is 7.11. The Bertz CT molecular complexity index is 405. The third-order valence-electron chi connectivity index (χ3n) is 2.83. The van der Waals surface area contributed by atoms with Crippen molar-refractivity contribution in [2.24, 2.45) is 0 Å². The minimum atomic E-state index is -0.819. The van der Waals surface area contributed by atoms with Crippen LogP contribution in [0, 0.1) is 0 Å². The Labute approximate surface area is 111 Å². The van der Waals surface area contributed by atoms with Crippen LogP contribution in [0.15, 0.2) is 12.1 Å². The number of hydrogen-bond donors (Lipinski definition) is 2. The molecule has 2 N–H and O–H groups in total. The maximum absolute atomic E-state index is 11.2. The average molecular weight is 297 g/mol. The molecule has 17 heavy (non-hydrogen) atoms. The Kier molecular flexibility index (Phi) is 5.73. The molecule has 0 saturated heterocycles. The molecule has 0 spiro atoms. The molecule has 1 aromatic rings. The molecule has 0 aliphatic carbocycles. The summed E-state index contributed by atoms with van der Waals surface area (Å²) in [6.45, 7) is 2.87. The summed E-state index contributed by atoms with van der Waals surface area (Å²) in [6, 6.07) is 3.66. The monoisotopic (exact) mass is 297 g/mol. The van der Waals surface area contributed by atoms with Crippen molar-refractivity contribution >= 4 is 27.2 Å². The van der Waals surface area contributed by atoms with Crippen LogP contribution in [0.3, 0.4) is 0 Å². The molecule has 0 aliphatic heterocycles. The van der Waals surface area contributed by atoms with Crippen LogP contribution in [0.1, 0.15) is 41.3 Å². The number of rotatable bonds is 6. The number of unbranched alkanes of at least 4 members (excludes halogenated alkanes) is 1. The van der Waals surface area contributed by atoms with E-state index in [1.165, 1.54) is 9.91 Å². The van der Waals surface area contributed by atoms with Crippen LogP contribution in [0.25, 0.3) is 0 Å². The summed E-state index contributed by atoms with van der Waals surface area (Å²) in [6.07, 6.45) is 2.97. The fourth-order valence-electron chi connectivity index (χ4n) is 1.94. The molecule has 0 saturated carbocycles. The third kappa shape index (κ3) is 3.58. The predicted octanol–water partition coefficient (Wildman–Crippen LogP) is 0.705. The Morgan fingerprint density at radius 1 is 1.41 bits per heavy atom. The molecule has 0 aliphatic rings. The van der Waals surface area contributed by atoms with Gasteiger partial charge in [0.1, 0.15) is 0 Å². The van der Waals surface area contributed by atoms with Crippen LogP contribution >= 0.6 is 0 Å². The van der Waals surface area contributed by atoms with Gasteiger partial charge in [0.15, 0.2) is 0 Å². The summed E-state index contributed by atoms with van der Waals surface area (Å²) in [5, 5.41) is 12.4. The summed E-state index contributed by atoms with van der Waals surface area (Å²) in [4.78, 5) is 11.2. The second-order valence-corrected chi connectivity index (χ2v) is 5.40. The van der Waals surface area contributed by atoms with Crippen molar-refractivity contribution < 1.29 is 9.90 Å². The number of carbonyl (C=O) groups is 1. The van der Waals surface area contributed by atoms with E-state index in [0.717, 1.165) is 31.4 Å². The van der Waals surface area contributed by atoms with E-state index in [-0.39, 0.29) is 0 Å². The zero-order valence-corrected chi connectivity index (χ0v) is 12.8. The number of nitrogens with one attached hydrogen (secondary N) is 1. The van der Waals surface area contributed by atoms with Gasteiger partial charge in [0.05, 0.1) is 0 Å². The summed E-state index contributed by atoms with van der Waals surface area (Å²) >= 11 is 1.55. The van der Waals surface area contributed by atoms with Crippen molar-refractivity contribution in [2.75, 3.05) is 7.05 Å². The van der Waals surface area contributed by atoms with E-state index < -0.39 is 5.97 Å². The summed E-state index contributed by atoms with van der Waals surface area (Å²) in [5.74, 6) is -0.819. The molecule has 0 aromatic heterocycles. The quantitative estimate of drug-likeness (QED) is 0.760. The zero-order valence-electron chi connectivity index (χ0n) is 10.4. The van der Waals surface area contributed by atoms with Gasteiger partial charge in [-0.05, 0) is 0 Å². The maximum atomic E-state index is 11.2. The molecule has 0 bridgehead atoms. The molecule has 1 unspecified atom stereocenters. The van der Waals surface area contributed by atoms with Crippen molar-refractivity contribution in [2.45, 2.75) is 32.7 Å². The van der Waals surface area contributed by atoms with Gasteiger partial charge in [0, 0.05) is 0 Å². The molecular formula is C13H20AsNO2. The van der Waals surface area contributed by atoms with Gasteiger partial charge in [0.25, 0.3) is 0 Å². The van der Waals surface area contributed by atoms with Gasteiger partial charge < -0.3 is 0 Å². The van der Waals surface area contributed by atoms with Gasteiger partial charge >= 0.3 is 111 Å². The second kappa shape index (κ2) is 6.83. The Morgan fingerprint density at radius 3 is 2.65 bits per heavy atom. The van der Waals surface area contributed by atoms with Gasteiger partial charge in [-0.1, -0.05) is 0 Å². The molecule has 0 fully saturated rings. The fourth-order valence-corrected chi connectivity index (χ4v) is 2.72. The van der Waals surface area contributed by atoms with Gasteiger partial charge in [-0.15, -0.1) is 0 Å². The standard InChI is InChI=1S/C13H20AsNO2/c1-3-4-5-9-10(13(16)17)6-7-12(14)11(9)8-15-2/h6-7,15H,3-5,8,14H2,1-2H3,(H,16,17). The minimum absolute atomic E-state index is 0.463. The molecular weight excluding hydrogens is 277 g/mol. The molecule has 0 heterocycles. The molecule has 4 heteroatoms. The Hall–Kier alpha value is -0.792. The SMILES string of the molecule is CCCCc1c(C(=O)O)ccc([AsH2])c1CNC. The molecule has 3 nitrogen and oxygen atoms in total. The molecule has 0 amide bonds. The van der Waals surface area contributed by atoms with Crippen molar-refractivity contribution in [1.82, 2.24) is 5.32 Å². The van der Waals surface area contributed by atoms with Crippen LogP contribution in [-0.4, -0.2) is 35.0 Å². The summed E-state index contributed by atoms with van der Waals surface area (Å²) in [5.41, 5.74) is 2.64. The van der Waals surface area contributed by atoms with E-state index in [4.69, 9.17) is 0 Å². The topological polar surface area (TPSA) is 49.3 Å². The first-order valence-electron chi connectivity index (χ1n) is 5.89. The third-order valence-corrected chi connectivity index (χ3v) is 3.97. The summed E-state index contributed by atoms with van der Waals surface area (Å²) in [7, 11) is 1.89. The number of hydrogen-bond acceptors (Lipinski definition) is 2. The Balaban J connectivity index is 3.22. The van der Waals surface area contributed by atoms with Gasteiger partial charge in [-0.3, -0.25) is 0 Å². The predicted molar refractivity (Wildman–Crippen MR) is 73.0 cm³/mol. The van der Waals surface area contributed by atoms with E-state index in [1.807, 2.05) is 13.1 Å². The van der Waals surface area contributed by atoms with Crippen LogP contribution in [0.5, 0.6) is 0 Å². The van der Waals surface area contributed by atoms with Crippen LogP contribution < -0.4 is 9.67 Å². The van der Waals surface area contributed by atoms with Crippen molar-refractivity contribution in [3.05, 3.63) is 28.8 Å². The number of aromatic carboxylic acids is 1. The fraction of sp³-hybridized carbons (Fsp3) is 0.462. The van der Waals surface area contributed by atoms with Crippen LogP contribution in [-0.2, 0) is 13.0 Å². The van der Waals surface area contributed by atoms with Crippen molar-refractivity contribution in [1.29, 1.82) is 0 Å². The van der Waals surface area contributed by atoms with E-state index in [0.29, 0.717) is 5.56 Å².